The van der Waals surface area contributed by atoms with E-state index in [9.17, 15) is 0 Å². The Balaban J connectivity index is 1.57. The molecule has 0 heterocycles. The average molecular weight is 467 g/mol. The van der Waals surface area contributed by atoms with Crippen LogP contribution in [0, 0.1) is 0 Å². The third kappa shape index (κ3) is 4.43. The number of hydrogen-bond acceptors (Lipinski definition) is 4. The molecule has 0 unspecified atom stereocenters. The summed E-state index contributed by atoms with van der Waals surface area (Å²) in [6.45, 7) is 2.78. The molecule has 0 aliphatic heterocycles. The molecule has 0 aromatic heterocycles. The fourth-order valence-corrected chi connectivity index (χ4v) is 5.05. The monoisotopic (exact) mass is 466 g/mol. The maximum Gasteiger partial charge on any atom is 0.119 e. The second-order valence-corrected chi connectivity index (χ2v) is 9.02. The summed E-state index contributed by atoms with van der Waals surface area (Å²) in [5, 5.41) is 18.2. The summed E-state index contributed by atoms with van der Waals surface area (Å²) < 4.78 is 11.2. The zero-order chi connectivity index (χ0) is 24.3. The predicted octanol–water partition coefficient (Wildman–Crippen LogP) is 5.35. The van der Waals surface area contributed by atoms with Gasteiger partial charge in [-0.1, -0.05) is 66.7 Å². The molecular weight excluding hydrogens is 436 g/mol. The molecular formula is C31H30O4. The zero-order valence-corrected chi connectivity index (χ0v) is 19.9. The smallest absolute Gasteiger partial charge is 0.119 e. The highest BCUT2D eigenvalue weighted by Crippen LogP contribution is 2.44. The number of aliphatic hydroxyl groups is 2. The van der Waals surface area contributed by atoms with Crippen molar-refractivity contribution in [2.75, 3.05) is 26.4 Å². The van der Waals surface area contributed by atoms with Crippen LogP contribution >= 0.6 is 0 Å². The van der Waals surface area contributed by atoms with E-state index >= 15 is 0 Å². The number of benzene rings is 4. The molecule has 0 spiro atoms. The molecule has 0 amide bonds. The van der Waals surface area contributed by atoms with Gasteiger partial charge in [-0.2, -0.15) is 0 Å². The lowest BCUT2D eigenvalue weighted by molar-refractivity contribution is 0.201. The highest BCUT2D eigenvalue weighted by atomic mass is 16.5. The molecule has 0 radical (unpaired) electrons. The maximum absolute atomic E-state index is 9.08. The van der Waals surface area contributed by atoms with Gasteiger partial charge in [-0.05, 0) is 76.6 Å². The molecule has 0 fully saturated rings. The van der Waals surface area contributed by atoms with Crippen LogP contribution in [0.5, 0.6) is 11.5 Å². The van der Waals surface area contributed by atoms with Crippen molar-refractivity contribution in [1.29, 1.82) is 0 Å². The lowest BCUT2D eigenvalue weighted by Gasteiger charge is -2.32. The Hall–Kier alpha value is -3.60. The lowest BCUT2D eigenvalue weighted by Crippen LogP contribution is -2.25. The molecule has 5 rings (SSSR count). The Bertz CT molecular complexity index is 1240. The van der Waals surface area contributed by atoms with E-state index in [1.54, 1.807) is 0 Å². The van der Waals surface area contributed by atoms with Gasteiger partial charge in [0.2, 0.25) is 0 Å². The van der Waals surface area contributed by atoms with Gasteiger partial charge in [0.1, 0.15) is 24.7 Å². The van der Waals surface area contributed by atoms with Crippen LogP contribution in [0.2, 0.25) is 0 Å². The van der Waals surface area contributed by atoms with Gasteiger partial charge in [-0.15, -0.1) is 0 Å². The number of rotatable bonds is 9. The van der Waals surface area contributed by atoms with Crippen molar-refractivity contribution in [1.82, 2.24) is 0 Å². The van der Waals surface area contributed by atoms with Gasteiger partial charge in [0.05, 0.1) is 13.2 Å². The van der Waals surface area contributed by atoms with Crippen LogP contribution < -0.4 is 9.47 Å². The predicted molar refractivity (Wildman–Crippen MR) is 138 cm³/mol. The quantitative estimate of drug-likeness (QED) is 0.287. The third-order valence-corrected chi connectivity index (χ3v) is 6.95. The minimum Gasteiger partial charge on any atom is -0.491 e. The van der Waals surface area contributed by atoms with E-state index in [0.717, 1.165) is 29.0 Å². The Kier molecular flexibility index (Phi) is 6.58. The van der Waals surface area contributed by atoms with Crippen molar-refractivity contribution in [3.63, 3.8) is 0 Å². The van der Waals surface area contributed by atoms with Crippen LogP contribution in [0.25, 0.3) is 11.1 Å². The minimum absolute atomic E-state index is 0.0122. The van der Waals surface area contributed by atoms with Crippen LogP contribution in [-0.2, 0) is 11.8 Å². The Labute approximate surface area is 206 Å². The van der Waals surface area contributed by atoms with Gasteiger partial charge in [0, 0.05) is 5.41 Å². The minimum atomic E-state index is -0.408. The van der Waals surface area contributed by atoms with Gasteiger partial charge in [-0.3, -0.25) is 0 Å². The van der Waals surface area contributed by atoms with Gasteiger partial charge >= 0.3 is 0 Å². The lowest BCUT2D eigenvalue weighted by atomic mass is 9.70. The van der Waals surface area contributed by atoms with Gasteiger partial charge in [0.25, 0.3) is 0 Å². The van der Waals surface area contributed by atoms with Gasteiger partial charge in [-0.25, -0.2) is 0 Å². The molecule has 0 saturated carbocycles. The molecule has 4 aromatic rings. The number of fused-ring (bicyclic) bond motifs is 3. The molecule has 0 saturated heterocycles. The first-order valence-corrected chi connectivity index (χ1v) is 12.0. The van der Waals surface area contributed by atoms with E-state index in [-0.39, 0.29) is 26.4 Å². The maximum atomic E-state index is 9.08. The first-order chi connectivity index (χ1) is 17.1. The fourth-order valence-electron chi connectivity index (χ4n) is 5.05. The fraction of sp³-hybridized carbons (Fsp3) is 0.226. The molecule has 0 atom stereocenters. The third-order valence-electron chi connectivity index (χ3n) is 6.95. The van der Waals surface area contributed by atoms with Crippen LogP contribution in [0.1, 0.15) is 34.7 Å². The van der Waals surface area contributed by atoms with Crippen LogP contribution in [0.4, 0.5) is 0 Å². The number of ether oxygens (including phenoxy) is 2. The first kappa shape index (κ1) is 23.2. The van der Waals surface area contributed by atoms with E-state index in [0.29, 0.717) is 0 Å². The Morgan fingerprint density at radius 1 is 0.629 bits per heavy atom. The Morgan fingerprint density at radius 2 is 1.14 bits per heavy atom. The second kappa shape index (κ2) is 9.95. The standard InChI is InChI=1S/C31H30O4/c1-31(24-6-11-27(12-7-24)34-18-16-32,25-8-13-28(14-9-25)35-19-17-33)26-10-15-30-23(21-26)20-22-4-2-3-5-29(22)30/h2-15,21,32-33H,16-20H2,1H3. The summed E-state index contributed by atoms with van der Waals surface area (Å²) in [6, 6.07) is 31.7. The van der Waals surface area contributed by atoms with E-state index in [2.05, 4.69) is 73.7 Å². The average Bonchev–Trinajstić information content (AvgIpc) is 3.29. The summed E-state index contributed by atoms with van der Waals surface area (Å²) >= 11 is 0. The summed E-state index contributed by atoms with van der Waals surface area (Å²) in [5.41, 5.74) is 8.46. The molecule has 35 heavy (non-hydrogen) atoms. The number of hydrogen-bond donors (Lipinski definition) is 2. The van der Waals surface area contributed by atoms with E-state index < -0.39 is 5.41 Å². The second-order valence-electron chi connectivity index (χ2n) is 9.02. The summed E-state index contributed by atoms with van der Waals surface area (Å²) in [4.78, 5) is 0. The molecule has 0 bridgehead atoms. The van der Waals surface area contributed by atoms with Gasteiger partial charge in [0.15, 0.2) is 0 Å². The molecule has 2 N–H and O–H groups in total. The zero-order valence-electron chi connectivity index (χ0n) is 19.9. The Morgan fingerprint density at radius 3 is 1.71 bits per heavy atom. The van der Waals surface area contributed by atoms with Crippen molar-refractivity contribution in [2.24, 2.45) is 0 Å². The molecule has 1 aliphatic rings. The first-order valence-electron chi connectivity index (χ1n) is 12.0. The molecule has 4 nitrogen and oxygen atoms in total. The number of aliphatic hydroxyl groups excluding tert-OH is 2. The summed E-state index contributed by atoms with van der Waals surface area (Å²) in [5.74, 6) is 1.48. The van der Waals surface area contributed by atoms with Crippen molar-refractivity contribution in [3.05, 3.63) is 119 Å². The SMILES string of the molecule is CC(c1ccc(OCCO)cc1)(c1ccc(OCCO)cc1)c1ccc2c(c1)Cc1ccccc1-2. The van der Waals surface area contributed by atoms with Crippen molar-refractivity contribution < 1.29 is 19.7 Å². The van der Waals surface area contributed by atoms with E-state index in [1.807, 2.05) is 24.3 Å². The van der Waals surface area contributed by atoms with E-state index in [1.165, 1.54) is 27.8 Å². The molecule has 1 aliphatic carbocycles. The normalized spacial score (nSPS) is 12.2. The van der Waals surface area contributed by atoms with Crippen LogP contribution in [0.15, 0.2) is 91.0 Å². The van der Waals surface area contributed by atoms with Crippen molar-refractivity contribution >= 4 is 0 Å². The largest absolute Gasteiger partial charge is 0.491 e. The highest BCUT2D eigenvalue weighted by molar-refractivity contribution is 5.77. The summed E-state index contributed by atoms with van der Waals surface area (Å²) in [6.07, 6.45) is 0.942. The molecule has 178 valence electrons. The van der Waals surface area contributed by atoms with Crippen molar-refractivity contribution in [2.45, 2.75) is 18.8 Å². The molecule has 4 aromatic carbocycles. The van der Waals surface area contributed by atoms with Gasteiger partial charge < -0.3 is 19.7 Å². The molecule has 4 heteroatoms. The topological polar surface area (TPSA) is 58.9 Å². The van der Waals surface area contributed by atoms with Crippen molar-refractivity contribution in [3.8, 4) is 22.6 Å². The van der Waals surface area contributed by atoms with E-state index in [4.69, 9.17) is 19.7 Å². The van der Waals surface area contributed by atoms with Crippen LogP contribution in [-0.4, -0.2) is 36.6 Å². The summed E-state index contributed by atoms with van der Waals surface area (Å²) in [7, 11) is 0. The highest BCUT2D eigenvalue weighted by Gasteiger charge is 2.33. The van der Waals surface area contributed by atoms with Crippen LogP contribution in [0.3, 0.4) is 0 Å².